The zero-order valence-corrected chi connectivity index (χ0v) is 22.9. The molecule has 1 N–H and O–H groups in total. The van der Waals surface area contributed by atoms with Crippen LogP contribution in [0.2, 0.25) is 0 Å². The zero-order valence-electron chi connectivity index (χ0n) is 22.9. The molecule has 6 nitrogen and oxygen atoms in total. The molecule has 2 aromatic carbocycles. The fourth-order valence-electron chi connectivity index (χ4n) is 4.61. The molecule has 0 aromatic heterocycles. The second-order valence-electron chi connectivity index (χ2n) is 9.55. The first-order valence-corrected chi connectivity index (χ1v) is 13.1. The Morgan fingerprint density at radius 3 is 2.10 bits per heavy atom. The highest BCUT2D eigenvalue weighted by atomic mass is 19.2. The topological polar surface area (TPSA) is 65.2 Å². The predicted molar refractivity (Wildman–Crippen MR) is 146 cm³/mol. The van der Waals surface area contributed by atoms with Gasteiger partial charge in [0.2, 0.25) is 11.5 Å². The van der Waals surface area contributed by atoms with Gasteiger partial charge in [-0.05, 0) is 43.9 Å². The monoisotopic (exact) mass is 582 g/mol. The van der Waals surface area contributed by atoms with Gasteiger partial charge >= 0.3 is 0 Å². The highest BCUT2D eigenvalue weighted by Crippen LogP contribution is 2.50. The van der Waals surface area contributed by atoms with E-state index in [4.69, 9.17) is 23.0 Å². The Labute approximate surface area is 240 Å². The van der Waals surface area contributed by atoms with Crippen LogP contribution < -0.4 is 4.90 Å². The number of anilines is 1. The van der Waals surface area contributed by atoms with E-state index in [9.17, 15) is 27.2 Å². The van der Waals surface area contributed by atoms with Crippen LogP contribution >= 0.6 is 0 Å². The maximum absolute atomic E-state index is 15.0. The molecule has 0 radical (unpaired) electrons. The van der Waals surface area contributed by atoms with Gasteiger partial charge < -0.3 is 14.7 Å². The number of hydrogen-bond donors (Lipinski definition) is 1. The molecule has 0 spiro atoms. The molecular formula is C31H27F5N4O2. The predicted octanol–water partition coefficient (Wildman–Crippen LogP) is 7.55. The average Bonchev–Trinajstić information content (AvgIpc) is 3.28. The number of rotatable bonds is 11. The van der Waals surface area contributed by atoms with Crippen molar-refractivity contribution in [1.82, 2.24) is 0 Å². The summed E-state index contributed by atoms with van der Waals surface area (Å²) in [5.41, 5.74) is -3.81. The molecule has 1 aliphatic heterocycles. The van der Waals surface area contributed by atoms with E-state index in [0.717, 1.165) is 45.0 Å². The van der Waals surface area contributed by atoms with Gasteiger partial charge in [-0.2, -0.15) is 0 Å². The van der Waals surface area contributed by atoms with Crippen molar-refractivity contribution in [1.29, 1.82) is 5.26 Å². The van der Waals surface area contributed by atoms with Crippen LogP contribution in [-0.4, -0.2) is 24.8 Å². The number of benzene rings is 2. The SMILES string of the molecule is [C-]#[N+]C1=C(/C=C/c2ccc(N(CCCC)CCCCO)cc2)C(C)(c2c(F)c(F)c(F)c(F)c2F)O/C1=C(\C#N)[N+]#[C-]. The Hall–Kier alpha value is -4.66. The summed E-state index contributed by atoms with van der Waals surface area (Å²) in [5.74, 6) is -11.7. The minimum absolute atomic E-state index is 0.101. The van der Waals surface area contributed by atoms with Gasteiger partial charge in [-0.15, -0.1) is 0 Å². The van der Waals surface area contributed by atoms with Crippen molar-refractivity contribution in [2.75, 3.05) is 24.6 Å². The summed E-state index contributed by atoms with van der Waals surface area (Å²) in [6.07, 6.45) is 6.14. The maximum atomic E-state index is 15.0. The molecule has 0 saturated carbocycles. The molecule has 1 heterocycles. The smallest absolute Gasteiger partial charge is 0.292 e. The minimum Gasteiger partial charge on any atom is -0.500 e. The quantitative estimate of drug-likeness (QED) is 0.0742. The Bertz CT molecular complexity index is 1520. The van der Waals surface area contributed by atoms with Gasteiger partial charge in [0.05, 0.1) is 24.8 Å². The molecule has 0 amide bonds. The van der Waals surface area contributed by atoms with Gasteiger partial charge in [0.15, 0.2) is 23.3 Å². The van der Waals surface area contributed by atoms with E-state index in [2.05, 4.69) is 21.5 Å². The summed E-state index contributed by atoms with van der Waals surface area (Å²) < 4.78 is 77.8. The average molecular weight is 583 g/mol. The second kappa shape index (κ2) is 13.8. The van der Waals surface area contributed by atoms with Crippen molar-refractivity contribution in [3.05, 3.63) is 116 Å². The van der Waals surface area contributed by atoms with Crippen molar-refractivity contribution >= 4 is 11.8 Å². The number of nitrogens with zero attached hydrogens (tertiary/aromatic N) is 4. The molecule has 3 rings (SSSR count). The first-order chi connectivity index (χ1) is 20.1. The third-order valence-corrected chi connectivity index (χ3v) is 6.84. The molecule has 0 saturated heterocycles. The van der Waals surface area contributed by atoms with Crippen LogP contribution in [0.4, 0.5) is 27.6 Å². The molecule has 0 bridgehead atoms. The van der Waals surface area contributed by atoms with Crippen LogP contribution in [0.25, 0.3) is 15.8 Å². The van der Waals surface area contributed by atoms with Gasteiger partial charge in [-0.25, -0.2) is 36.9 Å². The number of aliphatic hydroxyl groups excluding tert-OH is 1. The van der Waals surface area contributed by atoms with Crippen LogP contribution in [0.3, 0.4) is 0 Å². The largest absolute Gasteiger partial charge is 0.500 e. The van der Waals surface area contributed by atoms with Crippen LogP contribution in [0, 0.1) is 53.6 Å². The van der Waals surface area contributed by atoms with E-state index in [1.165, 1.54) is 18.2 Å². The summed E-state index contributed by atoms with van der Waals surface area (Å²) in [5, 5.41) is 18.5. The molecule has 0 aliphatic carbocycles. The lowest BCUT2D eigenvalue weighted by Gasteiger charge is -2.29. The standard InChI is InChI=1S/C31H27F5N4O2/c1-5-6-15-40(16-7-8-17-41)20-12-9-19(10-13-20)11-14-21-29(39-4)30(22(18-37)38-3)42-31(21,2)23-24(32)26(34)28(36)27(35)25(23)33/h9-14,41H,5-8,15-17H2,1-2H3/b14-11+,30-22+. The summed E-state index contributed by atoms with van der Waals surface area (Å²) in [7, 11) is 0. The fourth-order valence-corrected chi connectivity index (χ4v) is 4.61. The normalized spacial score (nSPS) is 17.5. The number of aliphatic hydroxyl groups is 1. The third-order valence-electron chi connectivity index (χ3n) is 6.84. The molecule has 42 heavy (non-hydrogen) atoms. The number of hydrogen-bond acceptors (Lipinski definition) is 4. The molecule has 218 valence electrons. The highest BCUT2D eigenvalue weighted by Gasteiger charge is 2.48. The number of ether oxygens (including phenoxy) is 1. The van der Waals surface area contributed by atoms with Gasteiger partial charge in [-0.1, -0.05) is 37.6 Å². The first-order valence-electron chi connectivity index (χ1n) is 13.1. The lowest BCUT2D eigenvalue weighted by Crippen LogP contribution is -2.28. The first kappa shape index (κ1) is 31.9. The number of nitriles is 1. The number of halogens is 5. The summed E-state index contributed by atoms with van der Waals surface area (Å²) in [4.78, 5) is 8.47. The Kier molecular flexibility index (Phi) is 10.5. The minimum atomic E-state index is -2.45. The molecule has 1 aliphatic rings. The summed E-state index contributed by atoms with van der Waals surface area (Å²) >= 11 is 0. The van der Waals surface area contributed by atoms with E-state index >= 15 is 0 Å². The van der Waals surface area contributed by atoms with E-state index in [1.807, 2.05) is 12.1 Å². The molecule has 11 heteroatoms. The van der Waals surface area contributed by atoms with Crippen molar-refractivity contribution in [3.8, 4) is 6.07 Å². The van der Waals surface area contributed by atoms with E-state index in [-0.39, 0.29) is 12.2 Å². The molecule has 2 aromatic rings. The highest BCUT2D eigenvalue weighted by molar-refractivity contribution is 5.64. The number of allylic oxidation sites excluding steroid dienone is 1. The summed E-state index contributed by atoms with van der Waals surface area (Å²) in [6.45, 7) is 19.6. The lowest BCUT2D eigenvalue weighted by molar-refractivity contribution is 0.0658. The van der Waals surface area contributed by atoms with Crippen LogP contribution in [-0.2, 0) is 10.3 Å². The van der Waals surface area contributed by atoms with E-state index in [1.54, 1.807) is 12.1 Å². The second-order valence-corrected chi connectivity index (χ2v) is 9.55. The van der Waals surface area contributed by atoms with Crippen LogP contribution in [0.1, 0.15) is 50.7 Å². The van der Waals surface area contributed by atoms with Gasteiger partial charge in [0.1, 0.15) is 11.4 Å². The van der Waals surface area contributed by atoms with Crippen molar-refractivity contribution < 1.29 is 31.8 Å². The zero-order chi connectivity index (χ0) is 31.0. The molecule has 0 fully saturated rings. The Morgan fingerprint density at radius 1 is 0.976 bits per heavy atom. The van der Waals surface area contributed by atoms with Gasteiger partial charge in [0, 0.05) is 31.0 Å². The summed E-state index contributed by atoms with van der Waals surface area (Å²) in [6, 6.07) is 8.74. The van der Waals surface area contributed by atoms with Crippen molar-refractivity contribution in [3.63, 3.8) is 0 Å². The fraction of sp³-hybridized carbons (Fsp3) is 0.323. The van der Waals surface area contributed by atoms with Gasteiger partial charge in [-0.3, -0.25) is 0 Å². The van der Waals surface area contributed by atoms with Crippen molar-refractivity contribution in [2.24, 2.45) is 0 Å². The van der Waals surface area contributed by atoms with Crippen molar-refractivity contribution in [2.45, 2.75) is 45.1 Å². The van der Waals surface area contributed by atoms with Gasteiger partial charge in [0.25, 0.3) is 5.70 Å². The van der Waals surface area contributed by atoms with Crippen LogP contribution in [0.15, 0.2) is 53.1 Å². The van der Waals surface area contributed by atoms with E-state index in [0.29, 0.717) is 12.0 Å². The Morgan fingerprint density at radius 2 is 1.57 bits per heavy atom. The molecular weight excluding hydrogens is 555 g/mol. The number of unbranched alkanes of at least 4 members (excludes halogenated alkanes) is 2. The third kappa shape index (κ3) is 6.15. The van der Waals surface area contributed by atoms with Crippen LogP contribution in [0.5, 0.6) is 0 Å². The van der Waals surface area contributed by atoms with E-state index < -0.39 is 57.4 Å². The molecule has 1 unspecified atom stereocenters. The lowest BCUT2D eigenvalue weighted by atomic mass is 9.86. The Balaban J connectivity index is 2.13. The maximum Gasteiger partial charge on any atom is 0.292 e. The molecule has 1 atom stereocenters.